The predicted molar refractivity (Wildman–Crippen MR) is 131 cm³/mol. The molecule has 3 aromatic rings. The fourth-order valence-electron chi connectivity index (χ4n) is 3.32. The minimum absolute atomic E-state index is 0.0318. The van der Waals surface area contributed by atoms with Gasteiger partial charge in [0.2, 0.25) is 0 Å². The van der Waals surface area contributed by atoms with Crippen molar-refractivity contribution in [1.29, 1.82) is 0 Å². The van der Waals surface area contributed by atoms with Crippen molar-refractivity contribution in [2.75, 3.05) is 15.5 Å². The topological polar surface area (TPSA) is 78.5 Å². The predicted octanol–water partition coefficient (Wildman–Crippen LogP) is 5.99. The average Bonchev–Trinajstić information content (AvgIpc) is 2.97. The zero-order valence-corrected chi connectivity index (χ0v) is 19.4. The molecule has 1 aliphatic heterocycles. The lowest BCUT2D eigenvalue weighted by atomic mass is 10.1. The van der Waals surface area contributed by atoms with E-state index in [2.05, 4.69) is 10.6 Å². The van der Waals surface area contributed by atoms with Crippen LogP contribution in [0, 0.1) is 6.92 Å². The number of hydrogen-bond acceptors (Lipinski definition) is 4. The van der Waals surface area contributed by atoms with Crippen molar-refractivity contribution in [2.45, 2.75) is 6.92 Å². The molecule has 2 N–H and O–H groups in total. The molecule has 0 spiro atoms. The first-order valence-corrected chi connectivity index (χ1v) is 10.9. The molecule has 0 saturated heterocycles. The van der Waals surface area contributed by atoms with Crippen LogP contribution in [0.3, 0.4) is 0 Å². The zero-order chi connectivity index (χ0) is 23.7. The second-order valence-electron chi connectivity index (χ2n) is 7.24. The normalized spacial score (nSPS) is 13.5. The first-order chi connectivity index (χ1) is 15.7. The number of carbonyl (C=O) groups is 3. The summed E-state index contributed by atoms with van der Waals surface area (Å²) in [6, 6.07) is 18.1. The minimum Gasteiger partial charge on any atom is -0.350 e. The van der Waals surface area contributed by atoms with Crippen LogP contribution in [-0.4, -0.2) is 17.7 Å². The summed E-state index contributed by atoms with van der Waals surface area (Å²) in [6.07, 6.45) is 0. The largest absolute Gasteiger partial charge is 0.350 e. The van der Waals surface area contributed by atoms with E-state index >= 15 is 0 Å². The fraction of sp³-hybridized carbons (Fsp3) is 0.0417. The van der Waals surface area contributed by atoms with Crippen molar-refractivity contribution in [3.8, 4) is 0 Å². The number of benzene rings is 3. The van der Waals surface area contributed by atoms with E-state index in [1.165, 1.54) is 0 Å². The number of para-hydroxylation sites is 1. The summed E-state index contributed by atoms with van der Waals surface area (Å²) in [5.74, 6) is -1.52. The van der Waals surface area contributed by atoms with Gasteiger partial charge in [-0.1, -0.05) is 53.0 Å². The number of imide groups is 1. The Morgan fingerprint density at radius 3 is 2.09 bits per heavy atom. The Bertz CT molecular complexity index is 1300. The number of nitrogens with zero attached hydrogens (tertiary/aromatic N) is 1. The molecule has 0 unspecified atom stereocenters. The van der Waals surface area contributed by atoms with E-state index < -0.39 is 11.8 Å². The van der Waals surface area contributed by atoms with Gasteiger partial charge in [0.25, 0.3) is 17.7 Å². The van der Waals surface area contributed by atoms with Crippen LogP contribution in [0.15, 0.2) is 77.5 Å². The second-order valence-corrected chi connectivity index (χ2v) is 8.49. The van der Waals surface area contributed by atoms with E-state index in [4.69, 9.17) is 34.8 Å². The van der Waals surface area contributed by atoms with Crippen LogP contribution in [0.4, 0.5) is 17.1 Å². The van der Waals surface area contributed by atoms with Gasteiger partial charge in [-0.2, -0.15) is 0 Å². The molecule has 9 heteroatoms. The number of nitrogens with one attached hydrogen (secondary N) is 2. The van der Waals surface area contributed by atoms with Crippen LogP contribution < -0.4 is 15.5 Å². The number of rotatable bonds is 5. The van der Waals surface area contributed by atoms with Crippen LogP contribution in [0.25, 0.3) is 0 Å². The molecular formula is C24H16Cl3N3O3. The van der Waals surface area contributed by atoms with E-state index in [0.29, 0.717) is 32.7 Å². The smallest absolute Gasteiger partial charge is 0.283 e. The van der Waals surface area contributed by atoms with Gasteiger partial charge in [-0.3, -0.25) is 14.4 Å². The molecule has 3 aromatic carbocycles. The molecule has 0 saturated carbocycles. The summed E-state index contributed by atoms with van der Waals surface area (Å²) in [7, 11) is 0. The number of hydrogen-bond donors (Lipinski definition) is 2. The number of aryl methyl sites for hydroxylation is 1. The third-order valence-corrected chi connectivity index (χ3v) is 5.71. The number of amides is 3. The van der Waals surface area contributed by atoms with Gasteiger partial charge in [0, 0.05) is 27.0 Å². The van der Waals surface area contributed by atoms with Gasteiger partial charge < -0.3 is 10.6 Å². The Balaban J connectivity index is 1.49. The molecule has 3 amide bonds. The van der Waals surface area contributed by atoms with Gasteiger partial charge in [-0.05, 0) is 61.0 Å². The Labute approximate surface area is 204 Å². The molecule has 166 valence electrons. The average molecular weight is 501 g/mol. The Morgan fingerprint density at radius 2 is 1.45 bits per heavy atom. The van der Waals surface area contributed by atoms with Gasteiger partial charge in [-0.25, -0.2) is 4.90 Å². The summed E-state index contributed by atoms with van der Waals surface area (Å²) in [5, 5.41) is 6.20. The van der Waals surface area contributed by atoms with Crippen molar-refractivity contribution in [3.63, 3.8) is 0 Å². The van der Waals surface area contributed by atoms with Crippen LogP contribution in [0.1, 0.15) is 15.9 Å². The van der Waals surface area contributed by atoms with Gasteiger partial charge in [0.1, 0.15) is 10.7 Å². The number of carbonyl (C=O) groups excluding carboxylic acids is 3. The van der Waals surface area contributed by atoms with Crippen LogP contribution in [-0.2, 0) is 9.59 Å². The second kappa shape index (κ2) is 9.27. The van der Waals surface area contributed by atoms with E-state index in [1.54, 1.807) is 67.6 Å². The molecule has 0 radical (unpaired) electrons. The van der Waals surface area contributed by atoms with Gasteiger partial charge in [0.05, 0.1) is 5.69 Å². The Kier molecular flexibility index (Phi) is 6.42. The minimum atomic E-state index is -0.602. The highest BCUT2D eigenvalue weighted by Crippen LogP contribution is 2.32. The molecule has 0 bridgehead atoms. The standard InChI is InChI=1S/C24H16Cl3N3O3/c1-13-4-2-3-5-19(13)30-23(32)20(27)21(24(30)33)28-17-8-6-14(7-9-17)22(31)29-18-11-15(25)10-16(26)12-18/h2-12,28H,1H3,(H,29,31). The van der Waals surface area contributed by atoms with Crippen LogP contribution in [0.5, 0.6) is 0 Å². The Hall–Kier alpha value is -3.32. The molecule has 4 rings (SSSR count). The molecular weight excluding hydrogens is 485 g/mol. The first kappa shape index (κ1) is 22.9. The highest BCUT2D eigenvalue weighted by atomic mass is 35.5. The third-order valence-electron chi connectivity index (χ3n) is 4.92. The molecule has 0 fully saturated rings. The molecule has 0 atom stereocenters. The third kappa shape index (κ3) is 4.73. The van der Waals surface area contributed by atoms with E-state index in [1.807, 2.05) is 6.07 Å². The summed E-state index contributed by atoms with van der Waals surface area (Å²) >= 11 is 18.1. The summed E-state index contributed by atoms with van der Waals surface area (Å²) in [5.41, 5.74) is 2.51. The summed E-state index contributed by atoms with van der Waals surface area (Å²) < 4.78 is 0. The van der Waals surface area contributed by atoms with Crippen molar-refractivity contribution in [1.82, 2.24) is 0 Å². The molecule has 0 aliphatic carbocycles. The maximum Gasteiger partial charge on any atom is 0.283 e. The van der Waals surface area contributed by atoms with E-state index in [-0.39, 0.29) is 16.6 Å². The number of halogens is 3. The van der Waals surface area contributed by atoms with Crippen molar-refractivity contribution in [3.05, 3.63) is 98.6 Å². The molecule has 0 aromatic heterocycles. The van der Waals surface area contributed by atoms with Gasteiger partial charge >= 0.3 is 0 Å². The first-order valence-electron chi connectivity index (χ1n) is 9.73. The van der Waals surface area contributed by atoms with Gasteiger partial charge in [-0.15, -0.1) is 0 Å². The molecule has 1 aliphatic rings. The molecule has 1 heterocycles. The molecule has 33 heavy (non-hydrogen) atoms. The lowest BCUT2D eigenvalue weighted by Gasteiger charge is -2.17. The van der Waals surface area contributed by atoms with Crippen molar-refractivity contribution in [2.24, 2.45) is 0 Å². The number of anilines is 3. The lowest BCUT2D eigenvalue weighted by molar-refractivity contribution is -0.120. The maximum absolute atomic E-state index is 12.9. The SMILES string of the molecule is Cc1ccccc1N1C(=O)C(Cl)=C(Nc2ccc(C(=O)Nc3cc(Cl)cc(Cl)c3)cc2)C1=O. The Morgan fingerprint density at radius 1 is 0.818 bits per heavy atom. The highest BCUT2D eigenvalue weighted by Gasteiger charge is 2.39. The van der Waals surface area contributed by atoms with E-state index in [9.17, 15) is 14.4 Å². The van der Waals surface area contributed by atoms with Crippen LogP contribution in [0.2, 0.25) is 10.0 Å². The highest BCUT2D eigenvalue weighted by molar-refractivity contribution is 6.53. The van der Waals surface area contributed by atoms with Crippen molar-refractivity contribution >= 4 is 69.6 Å². The summed E-state index contributed by atoms with van der Waals surface area (Å²) in [6.45, 7) is 1.80. The summed E-state index contributed by atoms with van der Waals surface area (Å²) in [4.78, 5) is 39.1. The van der Waals surface area contributed by atoms with Gasteiger partial charge in [0.15, 0.2) is 0 Å². The van der Waals surface area contributed by atoms with Crippen LogP contribution >= 0.6 is 34.8 Å². The van der Waals surface area contributed by atoms with Crippen molar-refractivity contribution < 1.29 is 14.4 Å². The quantitative estimate of drug-likeness (QED) is 0.422. The molecule has 6 nitrogen and oxygen atoms in total. The maximum atomic E-state index is 12.9. The fourth-order valence-corrected chi connectivity index (χ4v) is 4.06. The van der Waals surface area contributed by atoms with E-state index in [0.717, 1.165) is 10.5 Å². The monoisotopic (exact) mass is 499 g/mol. The lowest BCUT2D eigenvalue weighted by Crippen LogP contribution is -2.32. The zero-order valence-electron chi connectivity index (χ0n) is 17.2.